The molecule has 0 aliphatic rings. The predicted molar refractivity (Wildman–Crippen MR) is 232 cm³/mol. The highest BCUT2D eigenvalue weighted by Gasteiger charge is 2.26. The largest absolute Gasteiger partial charge is 0.466 e. The van der Waals surface area contributed by atoms with E-state index in [0.29, 0.717) is 19.0 Å². The van der Waals surface area contributed by atoms with Gasteiger partial charge in [-0.2, -0.15) is 0 Å². The Labute approximate surface area is 344 Å². The van der Waals surface area contributed by atoms with Crippen LogP contribution in [-0.2, 0) is 30.3 Å². The first-order valence-electron chi connectivity index (χ1n) is 23.8. The van der Waals surface area contributed by atoms with Crippen molar-refractivity contribution >= 4 is 17.8 Å². The summed E-state index contributed by atoms with van der Waals surface area (Å²) in [6.07, 6.45) is 44.7. The van der Waals surface area contributed by atoms with Crippen molar-refractivity contribution in [3.05, 3.63) is 18.2 Å². The molecule has 2 atom stereocenters. The first-order valence-corrected chi connectivity index (χ1v) is 23.8. The maximum Gasteiger partial charge on any atom is 0.328 e. The van der Waals surface area contributed by atoms with Crippen LogP contribution >= 0.6 is 0 Å². The van der Waals surface area contributed by atoms with Crippen molar-refractivity contribution in [2.75, 3.05) is 13.2 Å². The maximum absolute atomic E-state index is 13.1. The quantitative estimate of drug-likeness (QED) is 0.0443. The summed E-state index contributed by atoms with van der Waals surface area (Å²) in [5, 5.41) is 2.73. The van der Waals surface area contributed by atoms with Crippen LogP contribution in [0, 0.1) is 0 Å². The number of carbonyl (C=O) groups excluding carboxylic acids is 3. The Hall–Kier alpha value is -2.42. The van der Waals surface area contributed by atoms with E-state index < -0.39 is 24.0 Å². The minimum absolute atomic E-state index is 0.0192. The molecule has 9 nitrogen and oxygen atoms in total. The molecule has 56 heavy (non-hydrogen) atoms. The Kier molecular flexibility index (Phi) is 36.3. The molecular weight excluding hydrogens is 701 g/mol. The van der Waals surface area contributed by atoms with Gasteiger partial charge in [0.05, 0.1) is 19.3 Å². The lowest BCUT2D eigenvalue weighted by molar-refractivity contribution is -0.149. The van der Waals surface area contributed by atoms with Crippen molar-refractivity contribution in [2.24, 2.45) is 5.73 Å². The van der Waals surface area contributed by atoms with Crippen molar-refractivity contribution in [1.82, 2.24) is 15.3 Å². The third kappa shape index (κ3) is 32.6. The highest BCUT2D eigenvalue weighted by Crippen LogP contribution is 2.16. The van der Waals surface area contributed by atoms with E-state index in [0.717, 1.165) is 38.5 Å². The number of aromatic amines is 1. The van der Waals surface area contributed by atoms with E-state index >= 15 is 0 Å². The highest BCUT2D eigenvalue weighted by atomic mass is 16.5. The first kappa shape index (κ1) is 51.6. The van der Waals surface area contributed by atoms with Gasteiger partial charge in [0.25, 0.3) is 0 Å². The molecule has 0 aliphatic heterocycles. The number of esters is 2. The van der Waals surface area contributed by atoms with E-state index in [1.54, 1.807) is 12.4 Å². The zero-order chi connectivity index (χ0) is 40.6. The standard InChI is InChI=1S/C47H88N4O5/c1-3-5-7-9-11-13-15-17-19-21-23-25-27-29-31-33-39-55-45(52)36-35-43(51-46(53)42(48)41-44-49-37-38-50-44)47(54)56-40-34-32-30-28-26-24-22-20-18-16-14-12-10-8-6-4-2/h37-38,42-43H,3-36,39-41,48H2,1-2H3,(H,49,50)(H,51,53). The number of nitrogens with zero attached hydrogens (tertiary/aromatic N) is 1. The molecule has 4 N–H and O–H groups in total. The topological polar surface area (TPSA) is 136 Å². The van der Waals surface area contributed by atoms with Crippen LogP contribution in [0.15, 0.2) is 12.4 Å². The summed E-state index contributed by atoms with van der Waals surface area (Å²) in [5.41, 5.74) is 6.12. The van der Waals surface area contributed by atoms with Crippen molar-refractivity contribution in [2.45, 2.75) is 251 Å². The number of imidazole rings is 1. The number of rotatable bonds is 42. The second-order valence-electron chi connectivity index (χ2n) is 16.4. The Bertz CT molecular complexity index is 1020. The smallest absolute Gasteiger partial charge is 0.328 e. The number of hydrogen-bond donors (Lipinski definition) is 3. The molecule has 326 valence electrons. The summed E-state index contributed by atoms with van der Waals surface area (Å²) in [4.78, 5) is 45.6. The van der Waals surface area contributed by atoms with Gasteiger partial charge in [-0.25, -0.2) is 9.78 Å². The molecular formula is C47H88N4O5. The van der Waals surface area contributed by atoms with Crippen molar-refractivity contribution in [3.63, 3.8) is 0 Å². The van der Waals surface area contributed by atoms with Crippen LogP contribution in [0.25, 0.3) is 0 Å². The lowest BCUT2D eigenvalue weighted by atomic mass is 10.0. The van der Waals surface area contributed by atoms with Crippen LogP contribution in [-0.4, -0.2) is 53.1 Å². The van der Waals surface area contributed by atoms with E-state index in [1.807, 2.05) is 0 Å². The summed E-state index contributed by atoms with van der Waals surface area (Å²) in [5.74, 6) is -0.786. The van der Waals surface area contributed by atoms with Crippen LogP contribution in [0.5, 0.6) is 0 Å². The lowest BCUT2D eigenvalue weighted by Gasteiger charge is -2.19. The molecule has 1 aromatic rings. The minimum atomic E-state index is -0.964. The molecule has 0 saturated heterocycles. The Morgan fingerprint density at radius 2 is 0.964 bits per heavy atom. The summed E-state index contributed by atoms with van der Waals surface area (Å²) in [6.45, 7) is 5.22. The normalized spacial score (nSPS) is 12.4. The molecule has 1 heterocycles. The molecule has 9 heteroatoms. The number of aromatic nitrogens is 2. The number of nitrogens with one attached hydrogen (secondary N) is 2. The van der Waals surface area contributed by atoms with Crippen molar-refractivity contribution < 1.29 is 23.9 Å². The van der Waals surface area contributed by atoms with Gasteiger partial charge in [0.15, 0.2) is 0 Å². The number of nitrogens with two attached hydrogens (primary N) is 1. The number of hydrogen-bond acceptors (Lipinski definition) is 7. The summed E-state index contributed by atoms with van der Waals surface area (Å²) in [7, 11) is 0. The van der Waals surface area contributed by atoms with Gasteiger partial charge >= 0.3 is 11.9 Å². The van der Waals surface area contributed by atoms with Gasteiger partial charge in [-0.1, -0.05) is 206 Å². The van der Waals surface area contributed by atoms with Crippen molar-refractivity contribution in [1.29, 1.82) is 0 Å². The van der Waals surface area contributed by atoms with Crippen LogP contribution < -0.4 is 11.1 Å². The van der Waals surface area contributed by atoms with Gasteiger partial charge in [-0.3, -0.25) is 9.59 Å². The molecule has 1 aromatic heterocycles. The summed E-state index contributed by atoms with van der Waals surface area (Å²) >= 11 is 0. The molecule has 0 radical (unpaired) electrons. The van der Waals surface area contributed by atoms with Crippen LogP contribution in [0.1, 0.15) is 238 Å². The third-order valence-corrected chi connectivity index (χ3v) is 11.0. The number of unbranched alkanes of at least 4 members (excludes halogenated alkanes) is 30. The van der Waals surface area contributed by atoms with E-state index in [1.165, 1.54) is 167 Å². The fraction of sp³-hybridized carbons (Fsp3) is 0.872. The Morgan fingerprint density at radius 1 is 0.589 bits per heavy atom. The summed E-state index contributed by atoms with van der Waals surface area (Å²) in [6, 6.07) is -1.85. The SMILES string of the molecule is CCCCCCCCCCCCCCCCCCOC(=O)CCC(NC(=O)C(N)Cc1ncc[nH]1)C(=O)OCCCCCCCCCCCCCCCCCC. The molecule has 0 aromatic carbocycles. The van der Waals surface area contributed by atoms with E-state index in [-0.39, 0.29) is 25.2 Å². The van der Waals surface area contributed by atoms with Crippen molar-refractivity contribution in [3.8, 4) is 0 Å². The van der Waals surface area contributed by atoms with Crippen LogP contribution in [0.3, 0.4) is 0 Å². The van der Waals surface area contributed by atoms with Gasteiger partial charge in [-0.05, 0) is 19.3 Å². The van der Waals surface area contributed by atoms with Crippen LogP contribution in [0.2, 0.25) is 0 Å². The fourth-order valence-corrected chi connectivity index (χ4v) is 7.33. The van der Waals surface area contributed by atoms with Crippen LogP contribution in [0.4, 0.5) is 0 Å². The molecule has 0 aliphatic carbocycles. The summed E-state index contributed by atoms with van der Waals surface area (Å²) < 4.78 is 11.0. The molecule has 0 saturated carbocycles. The zero-order valence-corrected chi connectivity index (χ0v) is 36.5. The van der Waals surface area contributed by atoms with Gasteiger partial charge in [0.2, 0.25) is 5.91 Å². The van der Waals surface area contributed by atoms with E-state index in [4.69, 9.17) is 15.2 Å². The molecule has 0 fully saturated rings. The number of amides is 1. The second kappa shape index (κ2) is 39.4. The maximum atomic E-state index is 13.1. The molecule has 1 rings (SSSR count). The predicted octanol–water partition coefficient (Wildman–Crippen LogP) is 12.2. The van der Waals surface area contributed by atoms with Gasteiger partial charge in [0.1, 0.15) is 11.9 Å². The Balaban J connectivity index is 2.20. The third-order valence-electron chi connectivity index (χ3n) is 11.0. The van der Waals surface area contributed by atoms with Gasteiger partial charge in [-0.15, -0.1) is 0 Å². The lowest BCUT2D eigenvalue weighted by Crippen LogP contribution is -2.50. The second-order valence-corrected chi connectivity index (χ2v) is 16.4. The van der Waals surface area contributed by atoms with E-state index in [9.17, 15) is 14.4 Å². The minimum Gasteiger partial charge on any atom is -0.466 e. The average molecular weight is 789 g/mol. The van der Waals surface area contributed by atoms with Gasteiger partial charge < -0.3 is 25.5 Å². The molecule has 1 amide bonds. The average Bonchev–Trinajstić information content (AvgIpc) is 3.71. The molecule has 0 bridgehead atoms. The fourth-order valence-electron chi connectivity index (χ4n) is 7.33. The number of H-pyrrole nitrogens is 1. The Morgan fingerprint density at radius 3 is 1.34 bits per heavy atom. The van der Waals surface area contributed by atoms with E-state index in [2.05, 4.69) is 29.1 Å². The zero-order valence-electron chi connectivity index (χ0n) is 36.5. The van der Waals surface area contributed by atoms with Gasteiger partial charge in [0, 0.05) is 25.2 Å². The highest BCUT2D eigenvalue weighted by molar-refractivity contribution is 5.87. The number of carbonyl (C=O) groups is 3. The first-order chi connectivity index (χ1) is 27.5. The number of ether oxygens (including phenoxy) is 2. The molecule has 0 spiro atoms. The molecule has 2 unspecified atom stereocenters. The monoisotopic (exact) mass is 789 g/mol.